The Morgan fingerprint density at radius 3 is 3.08 bits per heavy atom. The number of hydrogen-bond donors (Lipinski definition) is 1. The van der Waals surface area contributed by atoms with E-state index in [0.717, 1.165) is 45.0 Å². The number of nitrogens with one attached hydrogen (secondary N) is 1. The fourth-order valence-corrected chi connectivity index (χ4v) is 4.13. The Balaban J connectivity index is 1.32. The smallest absolute Gasteiger partial charge is 0.270 e. The SMILES string of the molecule is CN(Cc1ccco1)C[C@@H]1OC[C@H]2CN(C(=O)c3ccc[nH]3)CC[C@H]21. The van der Waals surface area contributed by atoms with Gasteiger partial charge in [-0.15, -0.1) is 0 Å². The number of H-pyrrole nitrogens is 1. The van der Waals surface area contributed by atoms with Crippen molar-refractivity contribution in [2.24, 2.45) is 11.8 Å². The van der Waals surface area contributed by atoms with Gasteiger partial charge in [-0.05, 0) is 43.7 Å². The molecular weight excluding hydrogens is 318 g/mol. The first kappa shape index (κ1) is 16.4. The van der Waals surface area contributed by atoms with Crippen molar-refractivity contribution in [3.63, 3.8) is 0 Å². The maximum absolute atomic E-state index is 12.5. The molecule has 2 aromatic heterocycles. The summed E-state index contributed by atoms with van der Waals surface area (Å²) in [5.41, 5.74) is 0.673. The molecule has 0 aliphatic carbocycles. The monoisotopic (exact) mass is 343 g/mol. The number of furan rings is 1. The predicted octanol–water partition coefficient (Wildman–Crippen LogP) is 2.22. The molecular formula is C19H25N3O3. The lowest BCUT2D eigenvalue weighted by atomic mass is 9.84. The van der Waals surface area contributed by atoms with Gasteiger partial charge >= 0.3 is 0 Å². The molecule has 6 heteroatoms. The summed E-state index contributed by atoms with van der Waals surface area (Å²) in [5, 5.41) is 0. The molecule has 0 radical (unpaired) electrons. The number of aromatic amines is 1. The summed E-state index contributed by atoms with van der Waals surface area (Å²) in [6, 6.07) is 7.62. The fourth-order valence-electron chi connectivity index (χ4n) is 4.13. The zero-order valence-electron chi connectivity index (χ0n) is 14.6. The van der Waals surface area contributed by atoms with Crippen LogP contribution >= 0.6 is 0 Å². The van der Waals surface area contributed by atoms with Gasteiger partial charge in [-0.1, -0.05) is 0 Å². The molecule has 6 nitrogen and oxygen atoms in total. The zero-order chi connectivity index (χ0) is 17.2. The van der Waals surface area contributed by atoms with Crippen LogP contribution in [-0.2, 0) is 11.3 Å². The van der Waals surface area contributed by atoms with Gasteiger partial charge in [-0.25, -0.2) is 0 Å². The van der Waals surface area contributed by atoms with Gasteiger partial charge in [-0.3, -0.25) is 9.69 Å². The molecule has 0 unspecified atom stereocenters. The number of hydrogen-bond acceptors (Lipinski definition) is 4. The topological polar surface area (TPSA) is 61.7 Å². The Morgan fingerprint density at radius 2 is 2.32 bits per heavy atom. The second-order valence-electron chi connectivity index (χ2n) is 7.20. The summed E-state index contributed by atoms with van der Waals surface area (Å²) in [6.45, 7) is 4.04. The van der Waals surface area contributed by atoms with Crippen molar-refractivity contribution in [2.45, 2.75) is 19.1 Å². The molecule has 0 bridgehead atoms. The minimum absolute atomic E-state index is 0.0989. The number of likely N-dealkylation sites (tertiary alicyclic amines) is 1. The Kier molecular flexibility index (Phi) is 4.63. The molecule has 2 fully saturated rings. The van der Waals surface area contributed by atoms with Crippen LogP contribution in [-0.4, -0.2) is 60.1 Å². The van der Waals surface area contributed by atoms with Gasteiger partial charge in [0.2, 0.25) is 0 Å². The number of aromatic nitrogens is 1. The fraction of sp³-hybridized carbons (Fsp3) is 0.526. The lowest BCUT2D eigenvalue weighted by Gasteiger charge is -2.36. The van der Waals surface area contributed by atoms with Gasteiger partial charge in [0.25, 0.3) is 5.91 Å². The normalized spacial score (nSPS) is 26.2. The van der Waals surface area contributed by atoms with Crippen molar-refractivity contribution in [3.05, 3.63) is 48.2 Å². The van der Waals surface area contributed by atoms with Gasteiger partial charge in [-0.2, -0.15) is 0 Å². The van der Waals surface area contributed by atoms with E-state index >= 15 is 0 Å². The molecule has 134 valence electrons. The van der Waals surface area contributed by atoms with E-state index in [1.807, 2.05) is 29.2 Å². The Bertz CT molecular complexity index is 683. The van der Waals surface area contributed by atoms with E-state index in [-0.39, 0.29) is 12.0 Å². The number of carbonyl (C=O) groups is 1. The highest BCUT2D eigenvalue weighted by atomic mass is 16.5. The van der Waals surface area contributed by atoms with Crippen LogP contribution in [0.2, 0.25) is 0 Å². The standard InChI is InChI=1S/C19H25N3O3/c1-21(11-15-4-3-9-24-15)12-18-16-6-8-22(10-14(16)13-25-18)19(23)17-5-2-7-20-17/h2-5,7,9,14,16,18,20H,6,8,10-13H2,1H3/t14-,16-,18+/m1/s1. The Labute approximate surface area is 147 Å². The Morgan fingerprint density at radius 1 is 1.40 bits per heavy atom. The molecule has 3 atom stereocenters. The van der Waals surface area contributed by atoms with E-state index in [2.05, 4.69) is 16.9 Å². The van der Waals surface area contributed by atoms with Crippen molar-refractivity contribution >= 4 is 5.91 Å². The van der Waals surface area contributed by atoms with E-state index in [1.165, 1.54) is 0 Å². The molecule has 25 heavy (non-hydrogen) atoms. The van der Waals surface area contributed by atoms with Crippen LogP contribution in [0.3, 0.4) is 0 Å². The summed E-state index contributed by atoms with van der Waals surface area (Å²) in [5.74, 6) is 2.05. The number of fused-ring (bicyclic) bond motifs is 1. The average molecular weight is 343 g/mol. The molecule has 2 aliphatic rings. The third-order valence-corrected chi connectivity index (χ3v) is 5.41. The highest BCUT2D eigenvalue weighted by Crippen LogP contribution is 2.35. The molecule has 2 aromatic rings. The quantitative estimate of drug-likeness (QED) is 0.904. The van der Waals surface area contributed by atoms with Crippen LogP contribution in [0.15, 0.2) is 41.1 Å². The summed E-state index contributed by atoms with van der Waals surface area (Å²) < 4.78 is 11.5. The maximum atomic E-state index is 12.5. The van der Waals surface area contributed by atoms with Crippen LogP contribution < -0.4 is 0 Å². The van der Waals surface area contributed by atoms with E-state index in [9.17, 15) is 4.79 Å². The lowest BCUT2D eigenvalue weighted by Crippen LogP contribution is -2.46. The van der Waals surface area contributed by atoms with Crippen molar-refractivity contribution in [2.75, 3.05) is 33.3 Å². The minimum atomic E-state index is 0.0989. The van der Waals surface area contributed by atoms with Crippen molar-refractivity contribution in [3.8, 4) is 0 Å². The first-order chi connectivity index (χ1) is 12.2. The molecule has 0 saturated carbocycles. The van der Waals surface area contributed by atoms with Crippen LogP contribution in [0, 0.1) is 11.8 Å². The first-order valence-electron chi connectivity index (χ1n) is 8.96. The van der Waals surface area contributed by atoms with Crippen LogP contribution in [0.25, 0.3) is 0 Å². The van der Waals surface area contributed by atoms with Crippen LogP contribution in [0.4, 0.5) is 0 Å². The zero-order valence-corrected chi connectivity index (χ0v) is 14.6. The lowest BCUT2D eigenvalue weighted by molar-refractivity contribution is 0.0496. The van der Waals surface area contributed by atoms with Gasteiger partial charge in [0, 0.05) is 31.7 Å². The number of rotatable bonds is 5. The Hall–Kier alpha value is -2.05. The predicted molar refractivity (Wildman–Crippen MR) is 93.1 cm³/mol. The molecule has 1 N–H and O–H groups in total. The highest BCUT2D eigenvalue weighted by molar-refractivity contribution is 5.92. The van der Waals surface area contributed by atoms with Crippen molar-refractivity contribution < 1.29 is 13.9 Å². The number of ether oxygens (including phenoxy) is 1. The molecule has 0 aromatic carbocycles. The summed E-state index contributed by atoms with van der Waals surface area (Å²) in [7, 11) is 2.10. The summed E-state index contributed by atoms with van der Waals surface area (Å²) >= 11 is 0. The van der Waals surface area contributed by atoms with E-state index in [4.69, 9.17) is 9.15 Å². The number of nitrogens with zero attached hydrogens (tertiary/aromatic N) is 2. The first-order valence-corrected chi connectivity index (χ1v) is 8.96. The van der Waals surface area contributed by atoms with E-state index in [1.54, 1.807) is 12.5 Å². The van der Waals surface area contributed by atoms with Crippen molar-refractivity contribution in [1.29, 1.82) is 0 Å². The number of amides is 1. The van der Waals surface area contributed by atoms with E-state index < -0.39 is 0 Å². The number of carbonyl (C=O) groups excluding carboxylic acids is 1. The third kappa shape index (κ3) is 3.50. The van der Waals surface area contributed by atoms with Crippen LogP contribution in [0.1, 0.15) is 22.7 Å². The number of piperidine rings is 1. The largest absolute Gasteiger partial charge is 0.468 e. The van der Waals surface area contributed by atoms with Crippen molar-refractivity contribution in [1.82, 2.24) is 14.8 Å². The maximum Gasteiger partial charge on any atom is 0.270 e. The second-order valence-corrected chi connectivity index (χ2v) is 7.20. The molecule has 2 saturated heterocycles. The van der Waals surface area contributed by atoms with Gasteiger partial charge in [0.05, 0.1) is 25.5 Å². The van der Waals surface area contributed by atoms with Gasteiger partial charge in [0.15, 0.2) is 0 Å². The minimum Gasteiger partial charge on any atom is -0.468 e. The highest BCUT2D eigenvalue weighted by Gasteiger charge is 2.42. The molecule has 1 amide bonds. The summed E-state index contributed by atoms with van der Waals surface area (Å²) in [4.78, 5) is 19.7. The van der Waals surface area contributed by atoms with Crippen LogP contribution in [0.5, 0.6) is 0 Å². The third-order valence-electron chi connectivity index (χ3n) is 5.41. The molecule has 2 aliphatic heterocycles. The number of likely N-dealkylation sites (N-methyl/N-ethyl adjacent to an activating group) is 1. The second kappa shape index (κ2) is 7.06. The molecule has 4 heterocycles. The molecule has 4 rings (SSSR count). The molecule has 0 spiro atoms. The van der Waals surface area contributed by atoms with Gasteiger partial charge < -0.3 is 19.0 Å². The average Bonchev–Trinajstić information content (AvgIpc) is 3.36. The van der Waals surface area contributed by atoms with Gasteiger partial charge in [0.1, 0.15) is 11.5 Å². The van der Waals surface area contributed by atoms with E-state index in [0.29, 0.717) is 17.5 Å². The summed E-state index contributed by atoms with van der Waals surface area (Å²) in [6.07, 6.45) is 4.76.